The van der Waals surface area contributed by atoms with Gasteiger partial charge in [-0.25, -0.2) is 4.79 Å². The van der Waals surface area contributed by atoms with Crippen LogP contribution in [0, 0.1) is 13.8 Å². The van der Waals surface area contributed by atoms with E-state index in [4.69, 9.17) is 0 Å². The quantitative estimate of drug-likeness (QED) is 0.870. The number of likely N-dealkylation sites (tertiary alicyclic amines) is 1. The maximum atomic E-state index is 12.6. The molecule has 1 aliphatic heterocycles. The van der Waals surface area contributed by atoms with Crippen molar-refractivity contribution in [2.75, 3.05) is 19.6 Å². The van der Waals surface area contributed by atoms with Crippen molar-refractivity contribution in [2.24, 2.45) is 0 Å². The van der Waals surface area contributed by atoms with Crippen molar-refractivity contribution in [3.05, 3.63) is 34.9 Å². The average molecular weight is 357 g/mol. The van der Waals surface area contributed by atoms with Crippen LogP contribution in [0.1, 0.15) is 55.7 Å². The van der Waals surface area contributed by atoms with E-state index in [1.165, 1.54) is 36.5 Å². The van der Waals surface area contributed by atoms with Gasteiger partial charge in [0.05, 0.1) is 0 Å². The SMILES string of the molecule is CC(=O)N[C@@H]1CCN(C(=O)NCC2(c3cc(C)cc(C)c3)CCCC2)C1. The van der Waals surface area contributed by atoms with Gasteiger partial charge < -0.3 is 15.5 Å². The third kappa shape index (κ3) is 4.19. The third-order valence-corrected chi connectivity index (χ3v) is 5.86. The fraction of sp³-hybridized carbons (Fsp3) is 0.619. The monoisotopic (exact) mass is 357 g/mol. The van der Waals surface area contributed by atoms with Gasteiger partial charge in [0.2, 0.25) is 5.91 Å². The summed E-state index contributed by atoms with van der Waals surface area (Å²) in [6.45, 7) is 7.80. The minimum atomic E-state index is -0.0306. The predicted octanol–water partition coefficient (Wildman–Crippen LogP) is 3.04. The molecule has 5 nitrogen and oxygen atoms in total. The summed E-state index contributed by atoms with van der Waals surface area (Å²) in [5.41, 5.74) is 4.00. The normalized spacial score (nSPS) is 21.7. The maximum Gasteiger partial charge on any atom is 0.317 e. The number of carbonyl (C=O) groups is 2. The molecule has 3 rings (SSSR count). The summed E-state index contributed by atoms with van der Waals surface area (Å²) in [5.74, 6) is -0.0306. The van der Waals surface area contributed by atoms with Crippen LogP contribution in [0.15, 0.2) is 18.2 Å². The number of nitrogens with zero attached hydrogens (tertiary/aromatic N) is 1. The van der Waals surface area contributed by atoms with Crippen LogP contribution in [0.2, 0.25) is 0 Å². The van der Waals surface area contributed by atoms with Gasteiger partial charge in [0.1, 0.15) is 0 Å². The number of nitrogens with one attached hydrogen (secondary N) is 2. The molecule has 142 valence electrons. The molecule has 1 heterocycles. The molecule has 1 saturated heterocycles. The molecule has 5 heteroatoms. The minimum Gasteiger partial charge on any atom is -0.352 e. The number of amides is 3. The second-order valence-corrected chi connectivity index (χ2v) is 8.15. The van der Waals surface area contributed by atoms with Crippen molar-refractivity contribution >= 4 is 11.9 Å². The van der Waals surface area contributed by atoms with E-state index < -0.39 is 0 Å². The number of hydrogen-bond acceptors (Lipinski definition) is 2. The standard InChI is InChI=1S/C21H31N3O2/c1-15-10-16(2)12-18(11-15)21(7-4-5-8-21)14-22-20(26)24-9-6-19(13-24)23-17(3)25/h10-12,19H,4-9,13-14H2,1-3H3,(H,22,26)(H,23,25)/t19-/m1/s1. The highest BCUT2D eigenvalue weighted by Gasteiger charge is 2.37. The smallest absolute Gasteiger partial charge is 0.317 e. The Labute approximate surface area is 156 Å². The van der Waals surface area contributed by atoms with Crippen LogP contribution < -0.4 is 10.6 Å². The molecule has 2 fully saturated rings. The molecule has 26 heavy (non-hydrogen) atoms. The van der Waals surface area contributed by atoms with Crippen molar-refractivity contribution in [3.63, 3.8) is 0 Å². The van der Waals surface area contributed by atoms with Gasteiger partial charge in [0.25, 0.3) is 0 Å². The molecular formula is C21H31N3O2. The zero-order valence-electron chi connectivity index (χ0n) is 16.2. The fourth-order valence-corrected chi connectivity index (χ4v) is 4.61. The van der Waals surface area contributed by atoms with E-state index in [-0.39, 0.29) is 23.4 Å². The van der Waals surface area contributed by atoms with E-state index in [9.17, 15) is 9.59 Å². The Kier molecular flexibility index (Phi) is 5.54. The number of rotatable bonds is 4. The van der Waals surface area contributed by atoms with Gasteiger partial charge in [0.15, 0.2) is 0 Å². The second kappa shape index (κ2) is 7.68. The molecule has 1 aromatic carbocycles. The average Bonchev–Trinajstić information content (AvgIpc) is 3.21. The molecule has 1 aromatic rings. The molecule has 0 bridgehead atoms. The largest absolute Gasteiger partial charge is 0.352 e. The van der Waals surface area contributed by atoms with Crippen LogP contribution >= 0.6 is 0 Å². The lowest BCUT2D eigenvalue weighted by atomic mass is 9.77. The molecular weight excluding hydrogens is 326 g/mol. The van der Waals surface area contributed by atoms with Gasteiger partial charge in [0, 0.05) is 38.0 Å². The van der Waals surface area contributed by atoms with E-state index in [0.29, 0.717) is 19.6 Å². The molecule has 2 N–H and O–H groups in total. The van der Waals surface area contributed by atoms with Gasteiger partial charge in [-0.3, -0.25) is 4.79 Å². The number of hydrogen-bond donors (Lipinski definition) is 2. The maximum absolute atomic E-state index is 12.6. The molecule has 1 atom stereocenters. The topological polar surface area (TPSA) is 61.4 Å². The summed E-state index contributed by atoms with van der Waals surface area (Å²) in [6, 6.07) is 6.85. The summed E-state index contributed by atoms with van der Waals surface area (Å²) in [6.07, 6.45) is 5.53. The number of urea groups is 1. The first-order valence-electron chi connectivity index (χ1n) is 9.77. The van der Waals surface area contributed by atoms with Crippen molar-refractivity contribution in [1.82, 2.24) is 15.5 Å². The first kappa shape index (κ1) is 18.7. The van der Waals surface area contributed by atoms with Crippen LogP contribution in [0.5, 0.6) is 0 Å². The van der Waals surface area contributed by atoms with E-state index in [0.717, 1.165) is 19.3 Å². The number of aryl methyl sites for hydroxylation is 2. The van der Waals surface area contributed by atoms with Crippen LogP contribution in [0.25, 0.3) is 0 Å². The molecule has 1 aliphatic carbocycles. The predicted molar refractivity (Wildman–Crippen MR) is 103 cm³/mol. The Morgan fingerprint density at radius 1 is 1.15 bits per heavy atom. The van der Waals surface area contributed by atoms with E-state index in [2.05, 4.69) is 42.7 Å². The van der Waals surface area contributed by atoms with E-state index in [1.54, 1.807) is 0 Å². The number of benzene rings is 1. The highest BCUT2D eigenvalue weighted by atomic mass is 16.2. The van der Waals surface area contributed by atoms with Crippen LogP contribution in [-0.4, -0.2) is 42.5 Å². The van der Waals surface area contributed by atoms with Gasteiger partial charge in [-0.05, 0) is 38.7 Å². The summed E-state index contributed by atoms with van der Waals surface area (Å²) in [5, 5.41) is 6.10. The summed E-state index contributed by atoms with van der Waals surface area (Å²) >= 11 is 0. The van der Waals surface area contributed by atoms with Crippen molar-refractivity contribution < 1.29 is 9.59 Å². The summed E-state index contributed by atoms with van der Waals surface area (Å²) in [7, 11) is 0. The summed E-state index contributed by atoms with van der Waals surface area (Å²) < 4.78 is 0. The molecule has 2 aliphatic rings. The van der Waals surface area contributed by atoms with Gasteiger partial charge in [-0.2, -0.15) is 0 Å². The van der Waals surface area contributed by atoms with E-state index >= 15 is 0 Å². The highest BCUT2D eigenvalue weighted by molar-refractivity contribution is 5.76. The molecule has 0 radical (unpaired) electrons. The fourth-order valence-electron chi connectivity index (χ4n) is 4.61. The Morgan fingerprint density at radius 3 is 2.42 bits per heavy atom. The minimum absolute atomic E-state index is 0.00602. The number of carbonyl (C=O) groups excluding carboxylic acids is 2. The Hall–Kier alpha value is -2.04. The van der Waals surface area contributed by atoms with Crippen LogP contribution in [0.3, 0.4) is 0 Å². The van der Waals surface area contributed by atoms with Gasteiger partial charge in [-0.1, -0.05) is 42.2 Å². The van der Waals surface area contributed by atoms with Crippen molar-refractivity contribution in [1.29, 1.82) is 0 Å². The Morgan fingerprint density at radius 2 is 1.81 bits per heavy atom. The molecule has 0 unspecified atom stereocenters. The van der Waals surface area contributed by atoms with Crippen LogP contribution in [-0.2, 0) is 10.2 Å². The first-order valence-corrected chi connectivity index (χ1v) is 9.77. The lowest BCUT2D eigenvalue weighted by Crippen LogP contribution is -2.46. The molecule has 0 aromatic heterocycles. The lowest BCUT2D eigenvalue weighted by molar-refractivity contribution is -0.119. The van der Waals surface area contributed by atoms with Gasteiger partial charge in [-0.15, -0.1) is 0 Å². The highest BCUT2D eigenvalue weighted by Crippen LogP contribution is 2.41. The van der Waals surface area contributed by atoms with Crippen molar-refractivity contribution in [3.8, 4) is 0 Å². The zero-order valence-corrected chi connectivity index (χ0v) is 16.2. The first-order chi connectivity index (χ1) is 12.4. The third-order valence-electron chi connectivity index (χ3n) is 5.86. The lowest BCUT2D eigenvalue weighted by Gasteiger charge is -2.31. The van der Waals surface area contributed by atoms with E-state index in [1.807, 2.05) is 4.90 Å². The molecule has 3 amide bonds. The zero-order chi connectivity index (χ0) is 18.7. The van der Waals surface area contributed by atoms with Crippen LogP contribution in [0.4, 0.5) is 4.79 Å². The molecule has 0 spiro atoms. The van der Waals surface area contributed by atoms with Crippen molar-refractivity contribution in [2.45, 2.75) is 64.3 Å². The Bertz CT molecular complexity index is 660. The molecule has 1 saturated carbocycles. The van der Waals surface area contributed by atoms with Gasteiger partial charge >= 0.3 is 6.03 Å². The Balaban J connectivity index is 1.64. The second-order valence-electron chi connectivity index (χ2n) is 8.15. The summed E-state index contributed by atoms with van der Waals surface area (Å²) in [4.78, 5) is 25.7.